The number of hydrogen-bond donors (Lipinski definition) is 2. The fraction of sp³-hybridized carbons (Fsp3) is 0.500. The van der Waals surface area contributed by atoms with Crippen molar-refractivity contribution >= 4 is 11.7 Å². The number of carboxylic acid groups (broad SMARTS) is 1. The number of carboxylic acids is 1. The van der Waals surface area contributed by atoms with Crippen LogP contribution in [0.25, 0.3) is 0 Å². The first-order valence-electron chi connectivity index (χ1n) is 6.29. The highest BCUT2D eigenvalue weighted by Gasteiger charge is 2.08. The van der Waals surface area contributed by atoms with E-state index in [1.807, 2.05) is 30.3 Å². The molecule has 4 heteroatoms. The van der Waals surface area contributed by atoms with E-state index >= 15 is 0 Å². The SMILES string of the molecule is CC(O)CCN(CCCC(=O)O)c1ccccc1. The summed E-state index contributed by atoms with van der Waals surface area (Å²) in [6.07, 6.45) is 1.14. The summed E-state index contributed by atoms with van der Waals surface area (Å²) in [4.78, 5) is 12.6. The Balaban J connectivity index is 2.55. The molecule has 0 aliphatic carbocycles. The quantitative estimate of drug-likeness (QED) is 0.743. The third kappa shape index (κ3) is 5.68. The molecule has 0 fully saturated rings. The molecule has 0 amide bonds. The minimum absolute atomic E-state index is 0.179. The molecule has 0 saturated heterocycles. The molecule has 4 nitrogen and oxygen atoms in total. The molecule has 0 aliphatic rings. The molecule has 0 spiro atoms. The molecule has 100 valence electrons. The first-order chi connectivity index (χ1) is 8.59. The van der Waals surface area contributed by atoms with Gasteiger partial charge in [0, 0.05) is 25.2 Å². The number of benzene rings is 1. The van der Waals surface area contributed by atoms with E-state index in [1.165, 1.54) is 0 Å². The molecule has 1 aromatic rings. The van der Waals surface area contributed by atoms with E-state index < -0.39 is 5.97 Å². The maximum atomic E-state index is 10.5. The number of rotatable bonds is 8. The Bertz CT molecular complexity index is 351. The van der Waals surface area contributed by atoms with Gasteiger partial charge in [0.15, 0.2) is 0 Å². The summed E-state index contributed by atoms with van der Waals surface area (Å²) in [6.45, 7) is 3.20. The van der Waals surface area contributed by atoms with Crippen LogP contribution in [-0.4, -0.2) is 35.4 Å². The molecule has 1 unspecified atom stereocenters. The zero-order valence-electron chi connectivity index (χ0n) is 10.7. The average molecular weight is 251 g/mol. The second-order valence-corrected chi connectivity index (χ2v) is 4.46. The van der Waals surface area contributed by atoms with Crippen LogP contribution in [-0.2, 0) is 4.79 Å². The molecular weight excluding hydrogens is 230 g/mol. The van der Waals surface area contributed by atoms with Crippen LogP contribution >= 0.6 is 0 Å². The summed E-state index contributed by atoms with van der Waals surface area (Å²) in [5.74, 6) is -0.765. The number of anilines is 1. The van der Waals surface area contributed by atoms with Crippen molar-refractivity contribution in [1.82, 2.24) is 0 Å². The Labute approximate surface area is 108 Å². The maximum Gasteiger partial charge on any atom is 0.303 e. The minimum Gasteiger partial charge on any atom is -0.481 e. The predicted octanol–water partition coefficient (Wildman–Crippen LogP) is 2.13. The molecule has 0 radical (unpaired) electrons. The Kier molecular flexibility index (Phi) is 6.22. The molecule has 1 aromatic carbocycles. The molecule has 1 atom stereocenters. The Hall–Kier alpha value is -1.55. The predicted molar refractivity (Wildman–Crippen MR) is 71.8 cm³/mol. The van der Waals surface area contributed by atoms with Crippen molar-refractivity contribution in [2.24, 2.45) is 0 Å². The standard InChI is InChI=1S/C14H21NO3/c1-12(16)9-11-15(10-5-8-14(17)18)13-6-3-2-4-7-13/h2-4,6-7,12,16H,5,8-11H2,1H3,(H,17,18). The maximum absolute atomic E-state index is 10.5. The van der Waals surface area contributed by atoms with Crippen LogP contribution < -0.4 is 4.90 Å². The number of nitrogens with zero attached hydrogens (tertiary/aromatic N) is 1. The van der Waals surface area contributed by atoms with E-state index in [4.69, 9.17) is 5.11 Å². The summed E-state index contributed by atoms with van der Waals surface area (Å²) in [5.41, 5.74) is 1.07. The lowest BCUT2D eigenvalue weighted by Crippen LogP contribution is -2.28. The molecule has 0 saturated carbocycles. The third-order valence-corrected chi connectivity index (χ3v) is 2.76. The second-order valence-electron chi connectivity index (χ2n) is 4.46. The zero-order valence-corrected chi connectivity index (χ0v) is 10.7. The number of aliphatic carboxylic acids is 1. The molecule has 0 heterocycles. The lowest BCUT2D eigenvalue weighted by molar-refractivity contribution is -0.137. The second kappa shape index (κ2) is 7.71. The van der Waals surface area contributed by atoms with Gasteiger partial charge >= 0.3 is 5.97 Å². The van der Waals surface area contributed by atoms with Crippen molar-refractivity contribution in [3.8, 4) is 0 Å². The zero-order chi connectivity index (χ0) is 13.4. The van der Waals surface area contributed by atoms with Gasteiger partial charge in [0.05, 0.1) is 6.10 Å². The van der Waals surface area contributed by atoms with Crippen LogP contribution in [0.3, 0.4) is 0 Å². The van der Waals surface area contributed by atoms with Gasteiger partial charge in [0.25, 0.3) is 0 Å². The van der Waals surface area contributed by atoms with Gasteiger partial charge in [-0.2, -0.15) is 0 Å². The topological polar surface area (TPSA) is 60.8 Å². The summed E-state index contributed by atoms with van der Waals surface area (Å²) in [7, 11) is 0. The largest absolute Gasteiger partial charge is 0.481 e. The van der Waals surface area contributed by atoms with Crippen molar-refractivity contribution in [3.05, 3.63) is 30.3 Å². The van der Waals surface area contributed by atoms with Gasteiger partial charge in [-0.3, -0.25) is 4.79 Å². The molecule has 18 heavy (non-hydrogen) atoms. The highest BCUT2D eigenvalue weighted by molar-refractivity contribution is 5.66. The Morgan fingerprint density at radius 1 is 1.28 bits per heavy atom. The first-order valence-corrected chi connectivity index (χ1v) is 6.29. The lowest BCUT2D eigenvalue weighted by atomic mass is 10.2. The van der Waals surface area contributed by atoms with Crippen molar-refractivity contribution in [3.63, 3.8) is 0 Å². The summed E-state index contributed by atoms with van der Waals surface area (Å²) in [5, 5.41) is 18.0. The highest BCUT2D eigenvalue weighted by atomic mass is 16.4. The van der Waals surface area contributed by atoms with E-state index in [-0.39, 0.29) is 12.5 Å². The van der Waals surface area contributed by atoms with Gasteiger partial charge in [-0.05, 0) is 31.9 Å². The van der Waals surface area contributed by atoms with E-state index in [1.54, 1.807) is 6.92 Å². The fourth-order valence-corrected chi connectivity index (χ4v) is 1.77. The van der Waals surface area contributed by atoms with Gasteiger partial charge < -0.3 is 15.1 Å². The van der Waals surface area contributed by atoms with Crippen LogP contribution in [0.5, 0.6) is 0 Å². The van der Waals surface area contributed by atoms with Crippen LogP contribution in [0.15, 0.2) is 30.3 Å². The Morgan fingerprint density at radius 2 is 1.94 bits per heavy atom. The number of aliphatic hydroxyl groups excluding tert-OH is 1. The van der Waals surface area contributed by atoms with Crippen LogP contribution in [0.4, 0.5) is 5.69 Å². The first kappa shape index (κ1) is 14.5. The van der Waals surface area contributed by atoms with Gasteiger partial charge in [-0.15, -0.1) is 0 Å². The van der Waals surface area contributed by atoms with Crippen molar-refractivity contribution < 1.29 is 15.0 Å². The average Bonchev–Trinajstić information content (AvgIpc) is 2.34. The monoisotopic (exact) mass is 251 g/mol. The van der Waals surface area contributed by atoms with Gasteiger partial charge in [0.1, 0.15) is 0 Å². The number of aliphatic hydroxyl groups is 1. The van der Waals surface area contributed by atoms with Crippen molar-refractivity contribution in [1.29, 1.82) is 0 Å². The fourth-order valence-electron chi connectivity index (χ4n) is 1.77. The van der Waals surface area contributed by atoms with Crippen molar-refractivity contribution in [2.75, 3.05) is 18.0 Å². The minimum atomic E-state index is -0.765. The van der Waals surface area contributed by atoms with E-state index in [2.05, 4.69) is 4.90 Å². The third-order valence-electron chi connectivity index (χ3n) is 2.76. The summed E-state index contributed by atoms with van der Waals surface area (Å²) >= 11 is 0. The van der Waals surface area contributed by atoms with Crippen LogP contribution in [0.2, 0.25) is 0 Å². The molecule has 1 rings (SSSR count). The number of para-hydroxylation sites is 1. The number of carbonyl (C=O) groups is 1. The molecule has 0 bridgehead atoms. The Morgan fingerprint density at radius 3 is 2.50 bits per heavy atom. The molecule has 0 aliphatic heterocycles. The molecular formula is C14H21NO3. The van der Waals surface area contributed by atoms with Gasteiger partial charge in [-0.1, -0.05) is 18.2 Å². The molecule has 0 aromatic heterocycles. The number of hydrogen-bond acceptors (Lipinski definition) is 3. The smallest absolute Gasteiger partial charge is 0.303 e. The molecule has 2 N–H and O–H groups in total. The van der Waals surface area contributed by atoms with E-state index in [9.17, 15) is 9.90 Å². The van der Waals surface area contributed by atoms with Gasteiger partial charge in [0.2, 0.25) is 0 Å². The van der Waals surface area contributed by atoms with Crippen molar-refractivity contribution in [2.45, 2.75) is 32.3 Å². The van der Waals surface area contributed by atoms with E-state index in [0.29, 0.717) is 19.4 Å². The highest BCUT2D eigenvalue weighted by Crippen LogP contribution is 2.15. The lowest BCUT2D eigenvalue weighted by Gasteiger charge is -2.25. The van der Waals surface area contributed by atoms with Gasteiger partial charge in [-0.25, -0.2) is 0 Å². The van der Waals surface area contributed by atoms with Crippen LogP contribution in [0.1, 0.15) is 26.2 Å². The normalized spacial score (nSPS) is 12.1. The van der Waals surface area contributed by atoms with E-state index in [0.717, 1.165) is 12.2 Å². The van der Waals surface area contributed by atoms with Crippen LogP contribution in [0, 0.1) is 0 Å². The summed E-state index contributed by atoms with van der Waals surface area (Å²) in [6, 6.07) is 9.88. The summed E-state index contributed by atoms with van der Waals surface area (Å²) < 4.78 is 0.